The number of nitrogens with one attached hydrogen (secondary N) is 1. The third-order valence-corrected chi connectivity index (χ3v) is 1.99. The highest BCUT2D eigenvalue weighted by Crippen LogP contribution is 2.24. The summed E-state index contributed by atoms with van der Waals surface area (Å²) >= 11 is 0. The predicted molar refractivity (Wildman–Crippen MR) is 63.6 cm³/mol. The normalized spacial score (nSPS) is 11.2. The van der Waals surface area contributed by atoms with Crippen LogP contribution in [-0.2, 0) is 0 Å². The van der Waals surface area contributed by atoms with Crippen LogP contribution in [0.5, 0.6) is 0 Å². The molecule has 5 nitrogen and oxygen atoms in total. The molecular weight excluding hydrogens is 206 g/mol. The van der Waals surface area contributed by atoms with Gasteiger partial charge in [-0.1, -0.05) is 20.8 Å². The van der Waals surface area contributed by atoms with Crippen molar-refractivity contribution in [1.82, 2.24) is 4.98 Å². The fraction of sp³-hybridized carbons (Fsp3) is 0.545. The number of hydrogen-bond donors (Lipinski definition) is 1. The lowest BCUT2D eigenvalue weighted by molar-refractivity contribution is -0.384. The van der Waals surface area contributed by atoms with E-state index in [2.05, 4.69) is 31.1 Å². The summed E-state index contributed by atoms with van der Waals surface area (Å²) < 4.78 is 0. The first-order valence-corrected chi connectivity index (χ1v) is 5.14. The Balaban J connectivity index is 2.91. The summed E-state index contributed by atoms with van der Waals surface area (Å²) in [5.41, 5.74) is 0.873. The Morgan fingerprint density at radius 3 is 2.62 bits per heavy atom. The standard InChI is InChI=1S/C11H17N3O2/c1-8-5-9(14(15)16)10(12-6-8)13-7-11(2,3)4/h5-6H,7H2,1-4H3,(H,12,13). The highest BCUT2D eigenvalue weighted by Gasteiger charge is 2.17. The zero-order valence-corrected chi connectivity index (χ0v) is 10.1. The lowest BCUT2D eigenvalue weighted by atomic mass is 9.97. The van der Waals surface area contributed by atoms with Crippen molar-refractivity contribution in [3.05, 3.63) is 27.9 Å². The smallest absolute Gasteiger partial charge is 0.311 e. The molecule has 0 spiro atoms. The molecule has 1 heterocycles. The fourth-order valence-corrected chi connectivity index (χ4v) is 1.18. The molecule has 0 saturated carbocycles. The number of hydrogen-bond acceptors (Lipinski definition) is 4. The summed E-state index contributed by atoms with van der Waals surface area (Å²) in [6.45, 7) is 8.59. The molecule has 0 unspecified atom stereocenters. The maximum absolute atomic E-state index is 10.8. The molecule has 0 aromatic carbocycles. The second-order valence-corrected chi connectivity index (χ2v) is 5.05. The molecule has 16 heavy (non-hydrogen) atoms. The topological polar surface area (TPSA) is 68.1 Å². The third-order valence-electron chi connectivity index (χ3n) is 1.99. The molecule has 0 saturated heterocycles. The third kappa shape index (κ3) is 3.49. The van der Waals surface area contributed by atoms with Crippen molar-refractivity contribution in [3.8, 4) is 0 Å². The molecule has 0 aliphatic heterocycles. The molecule has 0 bridgehead atoms. The average molecular weight is 223 g/mol. The van der Waals surface area contributed by atoms with Gasteiger partial charge in [-0.15, -0.1) is 0 Å². The van der Waals surface area contributed by atoms with Crippen LogP contribution in [0, 0.1) is 22.5 Å². The highest BCUT2D eigenvalue weighted by atomic mass is 16.6. The minimum absolute atomic E-state index is 0.0317. The molecule has 0 amide bonds. The van der Waals surface area contributed by atoms with Crippen LogP contribution in [0.15, 0.2) is 12.3 Å². The molecule has 1 aromatic heterocycles. The van der Waals surface area contributed by atoms with Crippen molar-refractivity contribution in [2.24, 2.45) is 5.41 Å². The van der Waals surface area contributed by atoms with Crippen LogP contribution in [0.2, 0.25) is 0 Å². The first-order chi connectivity index (χ1) is 7.29. The van der Waals surface area contributed by atoms with E-state index in [0.717, 1.165) is 5.56 Å². The molecule has 0 aliphatic carbocycles. The first-order valence-electron chi connectivity index (χ1n) is 5.14. The fourth-order valence-electron chi connectivity index (χ4n) is 1.18. The lowest BCUT2D eigenvalue weighted by Gasteiger charge is -2.18. The Morgan fingerprint density at radius 1 is 1.50 bits per heavy atom. The van der Waals surface area contributed by atoms with Crippen LogP contribution in [0.1, 0.15) is 26.3 Å². The summed E-state index contributed by atoms with van der Waals surface area (Å²) in [4.78, 5) is 14.5. The molecular formula is C11H17N3O2. The molecule has 0 radical (unpaired) electrons. The molecule has 0 aliphatic rings. The van der Waals surface area contributed by atoms with Crippen LogP contribution in [-0.4, -0.2) is 16.5 Å². The van der Waals surface area contributed by atoms with Crippen LogP contribution in [0.3, 0.4) is 0 Å². The number of pyridine rings is 1. The quantitative estimate of drug-likeness (QED) is 0.632. The van der Waals surface area contributed by atoms with Gasteiger partial charge in [0.15, 0.2) is 0 Å². The van der Waals surface area contributed by atoms with Gasteiger partial charge in [-0.3, -0.25) is 10.1 Å². The SMILES string of the molecule is Cc1cnc(NCC(C)(C)C)c([N+](=O)[O-])c1. The van der Waals surface area contributed by atoms with Gasteiger partial charge in [0, 0.05) is 18.8 Å². The highest BCUT2D eigenvalue weighted by molar-refractivity contribution is 5.56. The summed E-state index contributed by atoms with van der Waals surface area (Å²) in [5.74, 6) is 0.338. The molecule has 1 rings (SSSR count). The Bertz CT molecular complexity index is 397. The molecule has 1 aromatic rings. The number of nitro groups is 1. The van der Waals surface area contributed by atoms with Gasteiger partial charge in [0.25, 0.3) is 0 Å². The van der Waals surface area contributed by atoms with Crippen molar-refractivity contribution >= 4 is 11.5 Å². The maximum atomic E-state index is 10.8. The van der Waals surface area contributed by atoms with Crippen LogP contribution in [0.4, 0.5) is 11.5 Å². The molecule has 0 atom stereocenters. The lowest BCUT2D eigenvalue weighted by Crippen LogP contribution is -2.20. The minimum Gasteiger partial charge on any atom is -0.364 e. The van der Waals surface area contributed by atoms with E-state index >= 15 is 0 Å². The second-order valence-electron chi connectivity index (χ2n) is 5.05. The van der Waals surface area contributed by atoms with E-state index in [1.807, 2.05) is 0 Å². The number of nitrogens with zero attached hydrogens (tertiary/aromatic N) is 2. The Morgan fingerprint density at radius 2 is 2.12 bits per heavy atom. The van der Waals surface area contributed by atoms with E-state index in [-0.39, 0.29) is 11.1 Å². The largest absolute Gasteiger partial charge is 0.364 e. The molecule has 0 fully saturated rings. The van der Waals surface area contributed by atoms with Crippen molar-refractivity contribution in [3.63, 3.8) is 0 Å². The molecule has 88 valence electrons. The summed E-state index contributed by atoms with van der Waals surface area (Å²) in [6.07, 6.45) is 1.62. The Hall–Kier alpha value is -1.65. The number of anilines is 1. The van der Waals surface area contributed by atoms with Gasteiger partial charge in [-0.05, 0) is 17.9 Å². The monoisotopic (exact) mass is 223 g/mol. The van der Waals surface area contributed by atoms with E-state index in [1.165, 1.54) is 6.07 Å². The summed E-state index contributed by atoms with van der Waals surface area (Å²) in [5, 5.41) is 13.8. The van der Waals surface area contributed by atoms with E-state index in [4.69, 9.17) is 0 Å². The summed E-state index contributed by atoms with van der Waals surface area (Å²) in [7, 11) is 0. The average Bonchev–Trinajstić information content (AvgIpc) is 2.14. The van der Waals surface area contributed by atoms with Gasteiger partial charge in [0.05, 0.1) is 4.92 Å². The van der Waals surface area contributed by atoms with Gasteiger partial charge in [-0.2, -0.15) is 0 Å². The maximum Gasteiger partial charge on any atom is 0.311 e. The molecule has 5 heteroatoms. The Kier molecular flexibility index (Phi) is 3.47. The van der Waals surface area contributed by atoms with Crippen molar-refractivity contribution < 1.29 is 4.92 Å². The van der Waals surface area contributed by atoms with Crippen LogP contribution in [0.25, 0.3) is 0 Å². The van der Waals surface area contributed by atoms with Crippen molar-refractivity contribution in [1.29, 1.82) is 0 Å². The predicted octanol–water partition coefficient (Wildman–Crippen LogP) is 2.76. The van der Waals surface area contributed by atoms with Crippen LogP contribution < -0.4 is 5.32 Å². The first kappa shape index (κ1) is 12.4. The zero-order valence-electron chi connectivity index (χ0n) is 10.1. The van der Waals surface area contributed by atoms with Gasteiger partial charge >= 0.3 is 5.69 Å². The zero-order chi connectivity index (χ0) is 12.3. The van der Waals surface area contributed by atoms with E-state index < -0.39 is 4.92 Å². The number of rotatable bonds is 3. The van der Waals surface area contributed by atoms with Crippen LogP contribution >= 0.6 is 0 Å². The number of aromatic nitrogens is 1. The number of aryl methyl sites for hydroxylation is 1. The van der Waals surface area contributed by atoms with Gasteiger partial charge < -0.3 is 5.32 Å². The van der Waals surface area contributed by atoms with Gasteiger partial charge in [-0.25, -0.2) is 4.98 Å². The Labute approximate surface area is 95.0 Å². The second kappa shape index (κ2) is 4.47. The van der Waals surface area contributed by atoms with Crippen molar-refractivity contribution in [2.45, 2.75) is 27.7 Å². The van der Waals surface area contributed by atoms with E-state index in [0.29, 0.717) is 12.4 Å². The van der Waals surface area contributed by atoms with E-state index in [1.54, 1.807) is 13.1 Å². The van der Waals surface area contributed by atoms with E-state index in [9.17, 15) is 10.1 Å². The molecule has 1 N–H and O–H groups in total. The summed E-state index contributed by atoms with van der Waals surface area (Å²) in [6, 6.07) is 1.53. The van der Waals surface area contributed by atoms with Gasteiger partial charge in [0.1, 0.15) is 0 Å². The van der Waals surface area contributed by atoms with Gasteiger partial charge in [0.2, 0.25) is 5.82 Å². The van der Waals surface area contributed by atoms with Crippen molar-refractivity contribution in [2.75, 3.05) is 11.9 Å². The minimum atomic E-state index is -0.412.